The normalized spacial score (nSPS) is 24.3. The van der Waals surface area contributed by atoms with Gasteiger partial charge in [-0.05, 0) is 19.8 Å². The lowest BCUT2D eigenvalue weighted by atomic mass is 10.0. The highest BCUT2D eigenvalue weighted by Gasteiger charge is 2.34. The Kier molecular flexibility index (Phi) is 4.07. The van der Waals surface area contributed by atoms with Gasteiger partial charge in [-0.2, -0.15) is 5.10 Å². The molecule has 1 aliphatic carbocycles. The number of fused-ring (bicyclic) bond motifs is 1. The van der Waals surface area contributed by atoms with E-state index in [0.717, 1.165) is 55.0 Å². The summed E-state index contributed by atoms with van der Waals surface area (Å²) in [6, 6.07) is 0.0325. The summed E-state index contributed by atoms with van der Waals surface area (Å²) in [6.45, 7) is 4.87. The number of hydrogen-bond donors (Lipinski definition) is 1. The lowest BCUT2D eigenvalue weighted by Crippen LogP contribution is -2.52. The molecule has 2 atom stereocenters. The fourth-order valence-electron chi connectivity index (χ4n) is 4.02. The van der Waals surface area contributed by atoms with Crippen LogP contribution in [0.25, 0.3) is 11.0 Å². The molecule has 0 radical (unpaired) electrons. The molecule has 0 unspecified atom stereocenters. The average molecular weight is 343 g/mol. The molecular formula is C17H25N7O. The fraction of sp³-hybridized carbons (Fsp3) is 0.647. The summed E-state index contributed by atoms with van der Waals surface area (Å²) in [6.07, 6.45) is 4.78. The molecule has 0 aromatic carbocycles. The molecule has 1 amide bonds. The third kappa shape index (κ3) is 2.84. The molecule has 134 valence electrons. The number of rotatable bonds is 2. The molecule has 1 aliphatic heterocycles. The molecule has 3 heterocycles. The van der Waals surface area contributed by atoms with Crippen molar-refractivity contribution in [2.24, 2.45) is 18.7 Å². The quantitative estimate of drug-likeness (QED) is 0.851. The Morgan fingerprint density at radius 1 is 1.20 bits per heavy atom. The Morgan fingerprint density at radius 3 is 2.64 bits per heavy atom. The maximum atomic E-state index is 12.7. The van der Waals surface area contributed by atoms with Crippen LogP contribution in [0.2, 0.25) is 0 Å². The zero-order valence-electron chi connectivity index (χ0n) is 14.9. The molecule has 0 bridgehead atoms. The third-order valence-corrected chi connectivity index (χ3v) is 5.46. The molecule has 2 aromatic rings. The smallest absolute Gasteiger partial charge is 0.227 e. The maximum Gasteiger partial charge on any atom is 0.227 e. The van der Waals surface area contributed by atoms with Crippen LogP contribution in [0.4, 0.5) is 5.82 Å². The topological polar surface area (TPSA) is 93.2 Å². The molecule has 8 heteroatoms. The van der Waals surface area contributed by atoms with Crippen LogP contribution < -0.4 is 10.6 Å². The van der Waals surface area contributed by atoms with Crippen LogP contribution in [0.3, 0.4) is 0 Å². The first kappa shape index (κ1) is 16.3. The zero-order valence-corrected chi connectivity index (χ0v) is 14.9. The minimum Gasteiger partial charge on any atom is -0.352 e. The van der Waals surface area contributed by atoms with Crippen molar-refractivity contribution in [3.8, 4) is 0 Å². The molecule has 8 nitrogen and oxygen atoms in total. The van der Waals surface area contributed by atoms with E-state index in [0.29, 0.717) is 13.1 Å². The number of carbonyl (C=O) groups is 1. The van der Waals surface area contributed by atoms with E-state index >= 15 is 0 Å². The van der Waals surface area contributed by atoms with Crippen molar-refractivity contribution in [3.05, 3.63) is 12.0 Å². The van der Waals surface area contributed by atoms with Crippen LogP contribution in [0, 0.1) is 12.8 Å². The summed E-state index contributed by atoms with van der Waals surface area (Å²) < 4.78 is 1.77. The summed E-state index contributed by atoms with van der Waals surface area (Å²) >= 11 is 0. The SMILES string of the molecule is Cc1nc(N2CCN(C(=O)[C@H]3CCC[C@H]3N)CC2)c2cnn(C)c2n1. The van der Waals surface area contributed by atoms with E-state index in [-0.39, 0.29) is 17.9 Å². The van der Waals surface area contributed by atoms with E-state index in [2.05, 4.69) is 20.0 Å². The third-order valence-electron chi connectivity index (χ3n) is 5.46. The molecular weight excluding hydrogens is 318 g/mol. The molecule has 2 aromatic heterocycles. The van der Waals surface area contributed by atoms with Crippen LogP contribution in [-0.2, 0) is 11.8 Å². The van der Waals surface area contributed by atoms with E-state index in [4.69, 9.17) is 5.73 Å². The molecule has 4 rings (SSSR count). The predicted molar refractivity (Wildman–Crippen MR) is 95.2 cm³/mol. The van der Waals surface area contributed by atoms with E-state index in [1.807, 2.05) is 25.1 Å². The summed E-state index contributed by atoms with van der Waals surface area (Å²) in [4.78, 5) is 26.0. The first-order valence-corrected chi connectivity index (χ1v) is 9.00. The number of amides is 1. The monoisotopic (exact) mass is 343 g/mol. The Bertz CT molecular complexity index is 794. The van der Waals surface area contributed by atoms with Crippen molar-refractivity contribution in [2.45, 2.75) is 32.2 Å². The minimum atomic E-state index is 0.0119. The van der Waals surface area contributed by atoms with Crippen molar-refractivity contribution in [1.29, 1.82) is 0 Å². The summed E-state index contributed by atoms with van der Waals surface area (Å²) in [5.41, 5.74) is 6.95. The first-order chi connectivity index (χ1) is 12.0. The minimum absolute atomic E-state index is 0.0119. The fourth-order valence-corrected chi connectivity index (χ4v) is 4.02. The van der Waals surface area contributed by atoms with Gasteiger partial charge in [0.05, 0.1) is 17.5 Å². The highest BCUT2D eigenvalue weighted by molar-refractivity contribution is 5.87. The molecule has 1 saturated carbocycles. The predicted octanol–water partition coefficient (Wildman–Crippen LogP) is 0.448. The van der Waals surface area contributed by atoms with Crippen LogP contribution >= 0.6 is 0 Å². The van der Waals surface area contributed by atoms with Gasteiger partial charge in [0.2, 0.25) is 5.91 Å². The molecule has 2 N–H and O–H groups in total. The summed E-state index contributed by atoms with van der Waals surface area (Å²) in [5, 5.41) is 5.27. The molecule has 2 aliphatic rings. The van der Waals surface area contributed by atoms with Crippen molar-refractivity contribution < 1.29 is 4.79 Å². The van der Waals surface area contributed by atoms with Crippen LogP contribution in [0.15, 0.2) is 6.20 Å². The van der Waals surface area contributed by atoms with Gasteiger partial charge in [-0.25, -0.2) is 9.97 Å². The van der Waals surface area contributed by atoms with Crippen LogP contribution in [0.5, 0.6) is 0 Å². The van der Waals surface area contributed by atoms with Gasteiger partial charge in [0, 0.05) is 39.3 Å². The second kappa shape index (κ2) is 6.25. The lowest BCUT2D eigenvalue weighted by Gasteiger charge is -2.37. The Morgan fingerprint density at radius 2 is 1.96 bits per heavy atom. The van der Waals surface area contributed by atoms with Crippen molar-refractivity contribution in [2.75, 3.05) is 31.1 Å². The van der Waals surface area contributed by atoms with Gasteiger partial charge in [0.15, 0.2) is 5.65 Å². The maximum absolute atomic E-state index is 12.7. The summed E-state index contributed by atoms with van der Waals surface area (Å²) in [7, 11) is 1.89. The molecule has 0 spiro atoms. The molecule has 25 heavy (non-hydrogen) atoms. The van der Waals surface area contributed by atoms with Crippen molar-refractivity contribution in [1.82, 2.24) is 24.6 Å². The number of anilines is 1. The van der Waals surface area contributed by atoms with Gasteiger partial charge in [-0.15, -0.1) is 0 Å². The molecule has 2 fully saturated rings. The number of carbonyl (C=O) groups excluding carboxylic acids is 1. The van der Waals surface area contributed by atoms with E-state index in [1.54, 1.807) is 4.68 Å². The second-order valence-corrected chi connectivity index (χ2v) is 7.11. The standard InChI is InChI=1S/C17H25N7O/c1-11-20-15-13(10-19-22(15)2)16(21-11)23-6-8-24(9-7-23)17(25)12-4-3-5-14(12)18/h10,12,14H,3-9,18H2,1-2H3/t12-,14+/m0/s1. The number of hydrogen-bond acceptors (Lipinski definition) is 6. The van der Waals surface area contributed by atoms with Gasteiger partial charge in [0.1, 0.15) is 11.6 Å². The number of aromatic nitrogens is 4. The Hall–Kier alpha value is -2.22. The average Bonchev–Trinajstić information content (AvgIpc) is 3.20. The number of nitrogens with zero attached hydrogens (tertiary/aromatic N) is 6. The number of nitrogens with two attached hydrogens (primary N) is 1. The first-order valence-electron chi connectivity index (χ1n) is 9.00. The van der Waals surface area contributed by atoms with Gasteiger partial charge >= 0.3 is 0 Å². The van der Waals surface area contributed by atoms with Gasteiger partial charge in [-0.3, -0.25) is 9.48 Å². The second-order valence-electron chi connectivity index (χ2n) is 7.11. The van der Waals surface area contributed by atoms with E-state index < -0.39 is 0 Å². The van der Waals surface area contributed by atoms with E-state index in [1.165, 1.54) is 0 Å². The van der Waals surface area contributed by atoms with Gasteiger partial charge in [-0.1, -0.05) is 6.42 Å². The van der Waals surface area contributed by atoms with Crippen LogP contribution in [0.1, 0.15) is 25.1 Å². The number of aryl methyl sites for hydroxylation is 2. The zero-order chi connectivity index (χ0) is 17.6. The summed E-state index contributed by atoms with van der Waals surface area (Å²) in [5.74, 6) is 1.90. The van der Waals surface area contributed by atoms with Crippen molar-refractivity contribution >= 4 is 22.8 Å². The van der Waals surface area contributed by atoms with Crippen molar-refractivity contribution in [3.63, 3.8) is 0 Å². The highest BCUT2D eigenvalue weighted by Crippen LogP contribution is 2.28. The highest BCUT2D eigenvalue weighted by atomic mass is 16.2. The number of piperazine rings is 1. The van der Waals surface area contributed by atoms with Gasteiger partial charge < -0.3 is 15.5 Å². The Labute approximate surface area is 147 Å². The molecule has 1 saturated heterocycles. The van der Waals surface area contributed by atoms with Gasteiger partial charge in [0.25, 0.3) is 0 Å². The van der Waals surface area contributed by atoms with E-state index in [9.17, 15) is 4.79 Å². The van der Waals surface area contributed by atoms with Crippen LogP contribution in [-0.4, -0.2) is 62.8 Å². The lowest BCUT2D eigenvalue weighted by molar-refractivity contribution is -0.136. The Balaban J connectivity index is 1.50. The largest absolute Gasteiger partial charge is 0.352 e.